The van der Waals surface area contributed by atoms with Crippen LogP contribution >= 0.6 is 86.5 Å². The lowest BCUT2D eigenvalue weighted by atomic mass is 10.3. The van der Waals surface area contributed by atoms with Gasteiger partial charge in [-0.05, 0) is 12.8 Å². The highest BCUT2D eigenvalue weighted by atomic mass is 79.9. The third-order valence-corrected chi connectivity index (χ3v) is 5.55. The van der Waals surface area contributed by atoms with Gasteiger partial charge in [-0.25, -0.2) is 4.57 Å². The van der Waals surface area contributed by atoms with Crippen LogP contribution in [-0.4, -0.2) is 23.5 Å². The van der Waals surface area contributed by atoms with Gasteiger partial charge in [0.2, 0.25) is 0 Å². The molecule has 0 aromatic heterocycles. The topological polar surface area (TPSA) is 35.5 Å². The Morgan fingerprint density at radius 3 is 1.32 bits per heavy atom. The third-order valence-electron chi connectivity index (χ3n) is 2.29. The predicted molar refractivity (Wildman–Crippen MR) is 104 cm³/mol. The quantitative estimate of drug-likeness (QED) is 0.150. The molecule has 0 fully saturated rings. The summed E-state index contributed by atoms with van der Waals surface area (Å²) < 4.78 is 24.4. The Kier molecular flexibility index (Phi) is 15.7. The summed E-state index contributed by atoms with van der Waals surface area (Å²) in [4.78, 5) is 0. The first-order chi connectivity index (χ1) is 10.5. The van der Waals surface area contributed by atoms with E-state index < -0.39 is 8.25 Å². The molecule has 0 saturated heterocycles. The van der Waals surface area contributed by atoms with Gasteiger partial charge >= 0.3 is 8.25 Å². The summed E-state index contributed by atoms with van der Waals surface area (Å²) in [5.74, 6) is 2.47. The van der Waals surface area contributed by atoms with Crippen molar-refractivity contribution in [1.82, 2.24) is 0 Å². The molecule has 0 aliphatic heterocycles. The van der Waals surface area contributed by atoms with E-state index in [9.17, 15) is 4.57 Å². The molecular weight excluding hydrogens is 525 g/mol. The maximum atomic E-state index is 12.1. The van der Waals surface area contributed by atoms with Crippen LogP contribution in [0.5, 0.6) is 0 Å². The second-order valence-electron chi connectivity index (χ2n) is 3.87. The van der Waals surface area contributed by atoms with Gasteiger partial charge in [0.25, 0.3) is 0 Å². The molecule has 0 aliphatic carbocycles. The van der Waals surface area contributed by atoms with Crippen molar-refractivity contribution in [2.45, 2.75) is 25.7 Å². The molecule has 0 radical (unpaired) electrons. The molecule has 0 saturated carbocycles. The van der Waals surface area contributed by atoms with Crippen LogP contribution in [0.15, 0.2) is 20.5 Å². The molecule has 10 heteroatoms. The average molecular weight is 542 g/mol. The van der Waals surface area contributed by atoms with Gasteiger partial charge in [0, 0.05) is 45.3 Å². The number of alkyl halides is 4. The summed E-state index contributed by atoms with van der Waals surface area (Å²) in [7, 11) is -2.79. The molecule has 3 nitrogen and oxygen atoms in total. The lowest BCUT2D eigenvalue weighted by Crippen LogP contribution is -1.96. The Hall–Kier alpha value is 1.43. The zero-order valence-electron chi connectivity index (χ0n) is 11.6. The first-order valence-corrected chi connectivity index (χ1v) is 11.3. The van der Waals surface area contributed by atoms with Crippen molar-refractivity contribution in [3.63, 3.8) is 0 Å². The number of hydrogen-bond acceptors (Lipinski definition) is 3. The van der Waals surface area contributed by atoms with E-state index in [1.54, 1.807) is 0 Å². The minimum absolute atomic E-state index is 0.336. The van der Waals surface area contributed by atoms with Gasteiger partial charge in [-0.15, -0.1) is 46.4 Å². The number of halogens is 6. The highest BCUT2D eigenvalue weighted by molar-refractivity contribution is 9.12. The van der Waals surface area contributed by atoms with Gasteiger partial charge in [-0.2, -0.15) is 0 Å². The van der Waals surface area contributed by atoms with E-state index in [1.165, 1.54) is 0 Å². The molecule has 0 bridgehead atoms. The van der Waals surface area contributed by atoms with Crippen LogP contribution in [0.2, 0.25) is 0 Å². The van der Waals surface area contributed by atoms with E-state index in [1.807, 2.05) is 0 Å². The lowest BCUT2D eigenvalue weighted by molar-refractivity contribution is 0.302. The van der Waals surface area contributed by atoms with Gasteiger partial charge in [-0.1, -0.05) is 31.9 Å². The smallest absolute Gasteiger partial charge is 0.418 e. The summed E-state index contributed by atoms with van der Waals surface area (Å²) in [5, 5.41) is 0. The fourth-order valence-corrected chi connectivity index (χ4v) is 4.65. The van der Waals surface area contributed by atoms with Gasteiger partial charge in [0.05, 0.1) is 0 Å². The van der Waals surface area contributed by atoms with Crippen LogP contribution in [-0.2, 0) is 13.6 Å². The molecule has 22 heavy (non-hydrogen) atoms. The van der Waals surface area contributed by atoms with Crippen LogP contribution in [0.4, 0.5) is 0 Å². The molecular formula is C12H17Br2Cl4O3P. The molecule has 0 N–H and O–H groups in total. The summed E-state index contributed by atoms with van der Waals surface area (Å²) in [6.45, 7) is 0. The summed E-state index contributed by atoms with van der Waals surface area (Å²) >= 11 is 29.5. The molecule has 0 spiro atoms. The average Bonchev–Trinajstić information content (AvgIpc) is 2.46. The summed E-state index contributed by atoms with van der Waals surface area (Å²) in [6, 6.07) is 0. The van der Waals surface area contributed by atoms with E-state index in [2.05, 4.69) is 31.9 Å². The molecule has 0 amide bonds. The Labute approximate surface area is 168 Å². The first kappa shape index (κ1) is 23.4. The first-order valence-electron chi connectivity index (χ1n) is 6.38. The van der Waals surface area contributed by atoms with E-state index in [0.717, 1.165) is 8.96 Å². The van der Waals surface area contributed by atoms with Crippen molar-refractivity contribution >= 4 is 86.5 Å². The van der Waals surface area contributed by atoms with Crippen molar-refractivity contribution in [1.29, 1.82) is 0 Å². The Morgan fingerprint density at radius 1 is 0.727 bits per heavy atom. The maximum absolute atomic E-state index is 12.1. The minimum atomic E-state index is -2.79. The minimum Gasteiger partial charge on any atom is -0.422 e. The van der Waals surface area contributed by atoms with Crippen molar-refractivity contribution in [3.8, 4) is 0 Å². The van der Waals surface area contributed by atoms with Gasteiger partial charge < -0.3 is 9.05 Å². The molecule has 130 valence electrons. The van der Waals surface area contributed by atoms with Crippen LogP contribution in [0.1, 0.15) is 25.7 Å². The highest BCUT2D eigenvalue weighted by Gasteiger charge is 2.14. The normalized spacial score (nSPS) is 15.0. The summed E-state index contributed by atoms with van der Waals surface area (Å²) in [5.41, 5.74) is 0. The Balaban J connectivity index is 4.93. The SMILES string of the molecule is O=[PH](OC(CCCl)=C(Br)CCCl)OC(CCCl)=C(Br)CCCl. The Morgan fingerprint density at radius 2 is 1.05 bits per heavy atom. The van der Waals surface area contributed by atoms with Crippen molar-refractivity contribution in [2.75, 3.05) is 23.5 Å². The van der Waals surface area contributed by atoms with E-state index in [0.29, 0.717) is 60.7 Å². The molecule has 0 aromatic carbocycles. The molecule has 0 aliphatic rings. The fourth-order valence-electron chi connectivity index (χ4n) is 1.32. The van der Waals surface area contributed by atoms with Gasteiger partial charge in [0.15, 0.2) is 0 Å². The van der Waals surface area contributed by atoms with Crippen LogP contribution in [0.3, 0.4) is 0 Å². The maximum Gasteiger partial charge on any atom is 0.418 e. The van der Waals surface area contributed by atoms with Crippen molar-refractivity contribution < 1.29 is 13.6 Å². The van der Waals surface area contributed by atoms with Crippen LogP contribution < -0.4 is 0 Å². The summed E-state index contributed by atoms with van der Waals surface area (Å²) in [6.07, 6.45) is 1.97. The highest BCUT2D eigenvalue weighted by Crippen LogP contribution is 2.38. The molecule has 0 heterocycles. The molecule has 0 rings (SSSR count). The van der Waals surface area contributed by atoms with E-state index >= 15 is 0 Å². The fraction of sp³-hybridized carbons (Fsp3) is 0.667. The van der Waals surface area contributed by atoms with E-state index in [4.69, 9.17) is 55.5 Å². The second kappa shape index (κ2) is 14.7. The molecule has 0 unspecified atom stereocenters. The standard InChI is InChI=1S/C12H17Br2Cl4O3P/c13-9(1-5-15)11(3-7-17)20-22(19)21-12(4-8-18)10(14)2-6-16/h22H,1-8H2. The molecule has 0 atom stereocenters. The zero-order valence-corrected chi connectivity index (χ0v) is 18.8. The van der Waals surface area contributed by atoms with Crippen LogP contribution in [0.25, 0.3) is 0 Å². The molecule has 0 aromatic rings. The van der Waals surface area contributed by atoms with Gasteiger partial charge in [-0.3, -0.25) is 0 Å². The van der Waals surface area contributed by atoms with Crippen molar-refractivity contribution in [2.24, 2.45) is 0 Å². The monoisotopic (exact) mass is 538 g/mol. The largest absolute Gasteiger partial charge is 0.422 e. The number of rotatable bonds is 12. The predicted octanol–water partition coefficient (Wildman–Crippen LogP) is 7.14. The van der Waals surface area contributed by atoms with Crippen molar-refractivity contribution in [3.05, 3.63) is 20.5 Å². The van der Waals surface area contributed by atoms with Gasteiger partial charge in [0.1, 0.15) is 11.5 Å². The lowest BCUT2D eigenvalue weighted by Gasteiger charge is -2.15. The van der Waals surface area contributed by atoms with E-state index in [-0.39, 0.29) is 0 Å². The second-order valence-corrected chi connectivity index (χ2v) is 8.20. The Bertz CT molecular complexity index is 383. The van der Waals surface area contributed by atoms with Crippen LogP contribution in [0, 0.1) is 0 Å². The zero-order chi connectivity index (χ0) is 17.0. The third kappa shape index (κ3) is 10.3. The number of allylic oxidation sites excluding steroid dienone is 4. The number of hydrogen-bond donors (Lipinski definition) is 0.